The Morgan fingerprint density at radius 1 is 1.38 bits per heavy atom. The molecule has 0 bridgehead atoms. The quantitative estimate of drug-likeness (QED) is 0.315. The van der Waals surface area contributed by atoms with Crippen molar-refractivity contribution >= 4 is 46.0 Å². The number of hydrogen-bond acceptors (Lipinski definition) is 6. The van der Waals surface area contributed by atoms with Crippen LogP contribution in [0.25, 0.3) is 17.4 Å². The molecule has 1 aromatic heterocycles. The fraction of sp³-hybridized carbons (Fsp3) is 0.222. The molecule has 1 fully saturated rings. The number of rotatable bonds is 5. The Kier molecular flexibility index (Phi) is 5.24. The van der Waals surface area contributed by atoms with Crippen molar-refractivity contribution in [3.05, 3.63) is 57.2 Å². The number of thiocarbonyl (C=S) groups is 1. The highest BCUT2D eigenvalue weighted by molar-refractivity contribution is 8.26. The number of benzene rings is 1. The van der Waals surface area contributed by atoms with Gasteiger partial charge in [0.15, 0.2) is 0 Å². The predicted molar refractivity (Wildman–Crippen MR) is 106 cm³/mol. The summed E-state index contributed by atoms with van der Waals surface area (Å²) in [6.45, 7) is 3.96. The highest BCUT2D eigenvalue weighted by Gasteiger charge is 2.34. The maximum absolute atomic E-state index is 12.5. The van der Waals surface area contributed by atoms with Crippen molar-refractivity contribution in [2.75, 3.05) is 0 Å². The summed E-state index contributed by atoms with van der Waals surface area (Å²) in [5.74, 6) is 0.871. The van der Waals surface area contributed by atoms with E-state index in [0.29, 0.717) is 26.3 Å². The molecule has 134 valence electrons. The number of amides is 1. The molecule has 0 N–H and O–H groups in total. The Morgan fingerprint density at radius 2 is 2.15 bits per heavy atom. The molecule has 2 heterocycles. The molecule has 3 rings (SSSR count). The van der Waals surface area contributed by atoms with Gasteiger partial charge in [0.05, 0.1) is 9.83 Å². The van der Waals surface area contributed by atoms with Crippen molar-refractivity contribution in [1.82, 2.24) is 4.90 Å². The second kappa shape index (κ2) is 7.43. The largest absolute Gasteiger partial charge is 0.457 e. The van der Waals surface area contributed by atoms with Gasteiger partial charge in [-0.05, 0) is 25.5 Å². The van der Waals surface area contributed by atoms with Crippen LogP contribution in [-0.2, 0) is 4.79 Å². The minimum absolute atomic E-state index is 0.00475. The van der Waals surface area contributed by atoms with Crippen LogP contribution in [0.4, 0.5) is 5.69 Å². The predicted octanol–water partition coefficient (Wildman–Crippen LogP) is 4.85. The summed E-state index contributed by atoms with van der Waals surface area (Å²) in [5.41, 5.74) is 0.598. The number of carbonyl (C=O) groups excluding carboxylic acids is 1. The summed E-state index contributed by atoms with van der Waals surface area (Å²) >= 11 is 6.56. The van der Waals surface area contributed by atoms with Crippen LogP contribution in [-0.4, -0.2) is 26.1 Å². The molecule has 6 nitrogen and oxygen atoms in total. The van der Waals surface area contributed by atoms with Crippen molar-refractivity contribution in [2.45, 2.75) is 26.3 Å². The van der Waals surface area contributed by atoms with Crippen molar-refractivity contribution in [3.63, 3.8) is 0 Å². The van der Waals surface area contributed by atoms with Gasteiger partial charge in [-0.25, -0.2) is 0 Å². The van der Waals surface area contributed by atoms with E-state index in [2.05, 4.69) is 0 Å². The highest BCUT2D eigenvalue weighted by atomic mass is 32.2. The molecule has 1 saturated heterocycles. The second-order valence-corrected chi connectivity index (χ2v) is 7.49. The first kappa shape index (κ1) is 18.3. The lowest BCUT2D eigenvalue weighted by Gasteiger charge is -2.21. The minimum atomic E-state index is -0.451. The van der Waals surface area contributed by atoms with Crippen molar-refractivity contribution < 1.29 is 14.1 Å². The van der Waals surface area contributed by atoms with Crippen LogP contribution in [0.15, 0.2) is 45.7 Å². The minimum Gasteiger partial charge on any atom is -0.457 e. The molecule has 2 aromatic rings. The number of hydrogen-bond donors (Lipinski definition) is 0. The normalized spacial score (nSPS) is 17.2. The van der Waals surface area contributed by atoms with Crippen LogP contribution < -0.4 is 0 Å². The van der Waals surface area contributed by atoms with E-state index >= 15 is 0 Å². The molecule has 26 heavy (non-hydrogen) atoms. The topological polar surface area (TPSA) is 76.6 Å². The third-order valence-corrected chi connectivity index (χ3v) is 5.43. The smallest absolute Gasteiger partial charge is 0.270 e. The fourth-order valence-corrected chi connectivity index (χ4v) is 3.97. The molecule has 0 aliphatic carbocycles. The number of thioether (sulfide) groups is 1. The van der Waals surface area contributed by atoms with E-state index in [9.17, 15) is 14.9 Å². The van der Waals surface area contributed by atoms with E-state index in [1.165, 1.54) is 23.9 Å². The van der Waals surface area contributed by atoms with Crippen LogP contribution in [0.1, 0.15) is 26.0 Å². The van der Waals surface area contributed by atoms with E-state index in [1.54, 1.807) is 35.2 Å². The summed E-state index contributed by atoms with van der Waals surface area (Å²) in [5, 5.41) is 10.9. The van der Waals surface area contributed by atoms with Crippen LogP contribution >= 0.6 is 24.0 Å². The first-order chi connectivity index (χ1) is 12.4. The lowest BCUT2D eigenvalue weighted by molar-refractivity contribution is -0.384. The van der Waals surface area contributed by atoms with Gasteiger partial charge in [-0.1, -0.05) is 43.0 Å². The summed E-state index contributed by atoms with van der Waals surface area (Å²) in [4.78, 5) is 25.1. The zero-order valence-electron chi connectivity index (χ0n) is 14.2. The molecule has 0 spiro atoms. The Hall–Kier alpha value is -2.45. The molecule has 1 aliphatic rings. The summed E-state index contributed by atoms with van der Waals surface area (Å²) in [6.07, 6.45) is 2.47. The Morgan fingerprint density at radius 3 is 2.85 bits per heavy atom. The van der Waals surface area contributed by atoms with Gasteiger partial charge in [-0.15, -0.1) is 0 Å². The van der Waals surface area contributed by atoms with E-state index in [-0.39, 0.29) is 17.6 Å². The monoisotopic (exact) mass is 388 g/mol. The van der Waals surface area contributed by atoms with Crippen LogP contribution in [0, 0.1) is 10.1 Å². The fourth-order valence-electron chi connectivity index (χ4n) is 2.53. The first-order valence-electron chi connectivity index (χ1n) is 8.02. The molecular weight excluding hydrogens is 372 g/mol. The average molecular weight is 388 g/mol. The van der Waals surface area contributed by atoms with Crippen LogP contribution in [0.5, 0.6) is 0 Å². The zero-order chi connectivity index (χ0) is 18.8. The van der Waals surface area contributed by atoms with Crippen LogP contribution in [0.3, 0.4) is 0 Å². The van der Waals surface area contributed by atoms with Crippen LogP contribution in [0.2, 0.25) is 0 Å². The van der Waals surface area contributed by atoms with Crippen molar-refractivity contribution in [1.29, 1.82) is 0 Å². The van der Waals surface area contributed by atoms with Gasteiger partial charge in [0.1, 0.15) is 15.8 Å². The molecule has 1 atom stereocenters. The molecule has 1 aromatic carbocycles. The standard InChI is InChI=1S/C18H16N2O4S2/c1-3-11(2)19-17(21)16(26-18(19)25)10-14-7-8-15(24-14)12-5-4-6-13(9-12)20(22)23/h4-11H,3H2,1-2H3. The van der Waals surface area contributed by atoms with Gasteiger partial charge in [-0.3, -0.25) is 19.8 Å². The molecule has 1 aliphatic heterocycles. The molecule has 8 heteroatoms. The number of non-ortho nitro benzene ring substituents is 1. The molecule has 1 unspecified atom stereocenters. The van der Waals surface area contributed by atoms with E-state index in [0.717, 1.165) is 6.42 Å². The number of nitro groups is 1. The maximum atomic E-state index is 12.5. The summed E-state index contributed by atoms with van der Waals surface area (Å²) in [6, 6.07) is 9.71. The van der Waals surface area contributed by atoms with E-state index in [4.69, 9.17) is 16.6 Å². The molecular formula is C18H16N2O4S2. The van der Waals surface area contributed by atoms with Crippen molar-refractivity contribution in [2.24, 2.45) is 0 Å². The first-order valence-corrected chi connectivity index (χ1v) is 9.25. The number of carbonyl (C=O) groups is 1. The molecule has 1 amide bonds. The Labute approximate surface area is 160 Å². The highest BCUT2D eigenvalue weighted by Crippen LogP contribution is 2.35. The number of furan rings is 1. The molecule has 0 saturated carbocycles. The Balaban J connectivity index is 1.86. The van der Waals surface area contributed by atoms with Gasteiger partial charge in [0.2, 0.25) is 0 Å². The van der Waals surface area contributed by atoms with Gasteiger partial charge in [-0.2, -0.15) is 0 Å². The van der Waals surface area contributed by atoms with Gasteiger partial charge >= 0.3 is 0 Å². The van der Waals surface area contributed by atoms with Gasteiger partial charge in [0.25, 0.3) is 11.6 Å². The van der Waals surface area contributed by atoms with Crippen molar-refractivity contribution in [3.8, 4) is 11.3 Å². The van der Waals surface area contributed by atoms with E-state index < -0.39 is 4.92 Å². The third-order valence-electron chi connectivity index (χ3n) is 4.10. The lowest BCUT2D eigenvalue weighted by Crippen LogP contribution is -2.36. The zero-order valence-corrected chi connectivity index (χ0v) is 15.8. The Bertz CT molecular complexity index is 919. The molecule has 0 radical (unpaired) electrons. The van der Waals surface area contributed by atoms with Gasteiger partial charge < -0.3 is 4.42 Å². The third kappa shape index (κ3) is 3.56. The van der Waals surface area contributed by atoms with E-state index in [1.807, 2.05) is 13.8 Å². The summed E-state index contributed by atoms with van der Waals surface area (Å²) < 4.78 is 6.29. The summed E-state index contributed by atoms with van der Waals surface area (Å²) in [7, 11) is 0. The number of nitrogens with zero attached hydrogens (tertiary/aromatic N) is 2. The second-order valence-electron chi connectivity index (χ2n) is 5.82. The maximum Gasteiger partial charge on any atom is 0.270 e. The number of nitro benzene ring substituents is 1. The van der Waals surface area contributed by atoms with Gasteiger partial charge in [0, 0.05) is 29.8 Å². The average Bonchev–Trinajstić information content (AvgIpc) is 3.19. The lowest BCUT2D eigenvalue weighted by atomic mass is 10.1. The SMILES string of the molecule is CCC(C)N1C(=O)C(=Cc2ccc(-c3cccc([N+](=O)[O-])c3)o2)SC1=S.